The molecule has 20 heavy (non-hydrogen) atoms. The van der Waals surface area contributed by atoms with Gasteiger partial charge in [0.2, 0.25) is 0 Å². The fourth-order valence-electron chi connectivity index (χ4n) is 1.72. The van der Waals surface area contributed by atoms with Crippen LogP contribution in [0.15, 0.2) is 72.8 Å². The van der Waals surface area contributed by atoms with E-state index < -0.39 is 6.29 Å². The largest absolute Gasteiger partial charge is 0.365 e. The number of aliphatic hydroxyl groups excluding tert-OH is 1. The first kappa shape index (κ1) is 14.3. The zero-order valence-corrected chi connectivity index (χ0v) is 11.2. The maximum absolute atomic E-state index is 9.66. The number of hydrogen-bond donors (Lipinski definition) is 1. The lowest BCUT2D eigenvalue weighted by molar-refractivity contribution is -0.0515. The van der Waals surface area contributed by atoms with E-state index in [9.17, 15) is 5.11 Å². The van der Waals surface area contributed by atoms with Crippen molar-refractivity contribution in [3.63, 3.8) is 0 Å². The van der Waals surface area contributed by atoms with Gasteiger partial charge in [-0.25, -0.2) is 0 Å². The Labute approximate surface area is 119 Å². The molecule has 0 fully saturated rings. The third kappa shape index (κ3) is 5.22. The highest BCUT2D eigenvalue weighted by molar-refractivity contribution is 5.49. The summed E-state index contributed by atoms with van der Waals surface area (Å²) >= 11 is 0. The summed E-state index contributed by atoms with van der Waals surface area (Å²) in [5.74, 6) is 0. The molecule has 0 spiro atoms. The molecule has 2 rings (SSSR count). The highest BCUT2D eigenvalue weighted by atomic mass is 16.6. The molecular formula is C18H18O2. The number of ether oxygens (including phenoxy) is 1. The molecule has 2 aromatic rings. The van der Waals surface area contributed by atoms with Gasteiger partial charge in [0.25, 0.3) is 0 Å². The predicted molar refractivity (Wildman–Crippen MR) is 82.9 cm³/mol. The summed E-state index contributed by atoms with van der Waals surface area (Å²) in [7, 11) is 0. The van der Waals surface area contributed by atoms with E-state index in [1.165, 1.54) is 0 Å². The van der Waals surface area contributed by atoms with Gasteiger partial charge in [-0.1, -0.05) is 78.9 Å². The minimum absolute atomic E-state index is 0.370. The summed E-state index contributed by atoms with van der Waals surface area (Å²) in [6, 6.07) is 19.8. The molecule has 102 valence electrons. The van der Waals surface area contributed by atoms with Crippen molar-refractivity contribution in [3.05, 3.63) is 83.9 Å². The maximum Gasteiger partial charge on any atom is 0.174 e. The molecule has 0 aliphatic rings. The molecule has 2 nitrogen and oxygen atoms in total. The van der Waals surface area contributed by atoms with Crippen LogP contribution in [0.1, 0.15) is 11.1 Å². The van der Waals surface area contributed by atoms with Crippen LogP contribution in [0.4, 0.5) is 0 Å². The molecule has 0 heterocycles. The van der Waals surface area contributed by atoms with Crippen molar-refractivity contribution in [2.45, 2.75) is 6.29 Å². The molecule has 2 heteroatoms. The molecule has 0 saturated heterocycles. The molecule has 0 aliphatic carbocycles. The first-order valence-corrected chi connectivity index (χ1v) is 6.59. The second-order valence-electron chi connectivity index (χ2n) is 4.31. The molecule has 0 saturated carbocycles. The zero-order chi connectivity index (χ0) is 14.0. The third-order valence-corrected chi connectivity index (χ3v) is 2.73. The Kier molecular flexibility index (Phi) is 5.77. The second kappa shape index (κ2) is 8.10. The monoisotopic (exact) mass is 266 g/mol. The van der Waals surface area contributed by atoms with E-state index in [4.69, 9.17) is 4.74 Å². The average molecular weight is 266 g/mol. The van der Waals surface area contributed by atoms with Gasteiger partial charge in [0, 0.05) is 0 Å². The van der Waals surface area contributed by atoms with Crippen LogP contribution in [0.25, 0.3) is 12.2 Å². The minimum Gasteiger partial charge on any atom is -0.365 e. The highest BCUT2D eigenvalue weighted by Gasteiger charge is 1.96. The molecule has 1 N–H and O–H groups in total. The molecule has 2 aromatic carbocycles. The predicted octanol–water partition coefficient (Wildman–Crippen LogP) is 3.75. The molecule has 0 bridgehead atoms. The van der Waals surface area contributed by atoms with Crippen molar-refractivity contribution in [2.75, 3.05) is 6.61 Å². The van der Waals surface area contributed by atoms with Gasteiger partial charge in [-0.3, -0.25) is 0 Å². The van der Waals surface area contributed by atoms with Gasteiger partial charge in [-0.15, -0.1) is 0 Å². The summed E-state index contributed by atoms with van der Waals surface area (Å²) in [4.78, 5) is 0. The molecule has 1 atom stereocenters. The lowest BCUT2D eigenvalue weighted by Gasteiger charge is -2.04. The van der Waals surface area contributed by atoms with Crippen LogP contribution >= 0.6 is 0 Å². The van der Waals surface area contributed by atoms with Crippen LogP contribution in [0.5, 0.6) is 0 Å². The Hall–Kier alpha value is -2.16. The molecule has 0 aliphatic heterocycles. The topological polar surface area (TPSA) is 29.5 Å². The smallest absolute Gasteiger partial charge is 0.174 e. The molecule has 0 amide bonds. The van der Waals surface area contributed by atoms with Gasteiger partial charge in [0.1, 0.15) is 0 Å². The number of benzene rings is 2. The standard InChI is InChI=1S/C18H18O2/c19-18(14-13-17-10-5-2-6-11-17)20-15-7-12-16-8-3-1-4-9-16/h1-14,18-19H,15H2. The van der Waals surface area contributed by atoms with Crippen molar-refractivity contribution < 1.29 is 9.84 Å². The van der Waals surface area contributed by atoms with Crippen LogP contribution in [-0.2, 0) is 4.74 Å². The van der Waals surface area contributed by atoms with Crippen LogP contribution < -0.4 is 0 Å². The quantitative estimate of drug-likeness (QED) is 0.807. The lowest BCUT2D eigenvalue weighted by atomic mass is 10.2. The Bertz CT molecular complexity index is 544. The van der Waals surface area contributed by atoms with Crippen LogP contribution in [0, 0.1) is 0 Å². The number of hydrogen-bond acceptors (Lipinski definition) is 2. The van der Waals surface area contributed by atoms with Crippen molar-refractivity contribution in [3.8, 4) is 0 Å². The van der Waals surface area contributed by atoms with E-state index in [-0.39, 0.29) is 0 Å². The van der Waals surface area contributed by atoms with Gasteiger partial charge in [-0.05, 0) is 17.2 Å². The van der Waals surface area contributed by atoms with Crippen molar-refractivity contribution in [1.29, 1.82) is 0 Å². The van der Waals surface area contributed by atoms with E-state index in [0.717, 1.165) is 11.1 Å². The van der Waals surface area contributed by atoms with Gasteiger partial charge in [-0.2, -0.15) is 0 Å². The van der Waals surface area contributed by atoms with Crippen molar-refractivity contribution in [1.82, 2.24) is 0 Å². The van der Waals surface area contributed by atoms with E-state index in [1.54, 1.807) is 6.08 Å². The van der Waals surface area contributed by atoms with Gasteiger partial charge >= 0.3 is 0 Å². The van der Waals surface area contributed by atoms with E-state index >= 15 is 0 Å². The normalized spacial score (nSPS) is 13.1. The summed E-state index contributed by atoms with van der Waals surface area (Å²) in [6.07, 6.45) is 6.43. The lowest BCUT2D eigenvalue weighted by Crippen LogP contribution is -2.07. The van der Waals surface area contributed by atoms with E-state index in [0.29, 0.717) is 6.61 Å². The van der Waals surface area contributed by atoms with Crippen molar-refractivity contribution in [2.24, 2.45) is 0 Å². The van der Waals surface area contributed by atoms with Gasteiger partial charge in [0.15, 0.2) is 6.29 Å². The third-order valence-electron chi connectivity index (χ3n) is 2.73. The fraction of sp³-hybridized carbons (Fsp3) is 0.111. The van der Waals surface area contributed by atoms with E-state index in [2.05, 4.69) is 0 Å². The van der Waals surface area contributed by atoms with Gasteiger partial charge < -0.3 is 9.84 Å². The molecule has 1 unspecified atom stereocenters. The zero-order valence-electron chi connectivity index (χ0n) is 11.2. The SMILES string of the molecule is OC(C=Cc1ccccc1)OCC=Cc1ccccc1. The van der Waals surface area contributed by atoms with E-state index in [1.807, 2.05) is 78.9 Å². The molecular weight excluding hydrogens is 248 g/mol. The summed E-state index contributed by atoms with van der Waals surface area (Å²) in [5, 5.41) is 9.66. The Morgan fingerprint density at radius 3 is 2.00 bits per heavy atom. The Balaban J connectivity index is 1.74. The number of aliphatic hydroxyl groups is 1. The fourth-order valence-corrected chi connectivity index (χ4v) is 1.72. The second-order valence-corrected chi connectivity index (χ2v) is 4.31. The minimum atomic E-state index is -0.893. The highest BCUT2D eigenvalue weighted by Crippen LogP contribution is 2.04. The summed E-state index contributed by atoms with van der Waals surface area (Å²) in [6.45, 7) is 0.370. The maximum atomic E-state index is 9.66. The van der Waals surface area contributed by atoms with Crippen molar-refractivity contribution >= 4 is 12.2 Å². The molecule has 0 radical (unpaired) electrons. The number of rotatable bonds is 6. The Morgan fingerprint density at radius 1 is 0.850 bits per heavy atom. The first-order chi connectivity index (χ1) is 9.84. The van der Waals surface area contributed by atoms with Gasteiger partial charge in [0.05, 0.1) is 6.61 Å². The summed E-state index contributed by atoms with van der Waals surface area (Å²) < 4.78 is 5.27. The first-order valence-electron chi connectivity index (χ1n) is 6.59. The Morgan fingerprint density at radius 2 is 1.40 bits per heavy atom. The summed E-state index contributed by atoms with van der Waals surface area (Å²) in [5.41, 5.74) is 2.15. The van der Waals surface area contributed by atoms with Crippen LogP contribution in [0.3, 0.4) is 0 Å². The van der Waals surface area contributed by atoms with Crippen LogP contribution in [0.2, 0.25) is 0 Å². The van der Waals surface area contributed by atoms with Crippen LogP contribution in [-0.4, -0.2) is 18.0 Å². The molecule has 0 aromatic heterocycles. The average Bonchev–Trinajstić information content (AvgIpc) is 2.52.